The first-order valence-electron chi connectivity index (χ1n) is 11.6. The van der Waals surface area contributed by atoms with Gasteiger partial charge in [0.05, 0.1) is 6.10 Å². The molecule has 0 saturated carbocycles. The van der Waals surface area contributed by atoms with Crippen LogP contribution in [0.25, 0.3) is 0 Å². The molecule has 2 fully saturated rings. The summed E-state index contributed by atoms with van der Waals surface area (Å²) in [6.07, 6.45) is 1.65. The van der Waals surface area contributed by atoms with Gasteiger partial charge in [-0.15, -0.1) is 0 Å². The van der Waals surface area contributed by atoms with Crippen LogP contribution >= 0.6 is 0 Å². The predicted molar refractivity (Wildman–Crippen MR) is 127 cm³/mol. The zero-order valence-electron chi connectivity index (χ0n) is 20.1. The van der Waals surface area contributed by atoms with E-state index in [9.17, 15) is 18.0 Å². The van der Waals surface area contributed by atoms with Crippen molar-refractivity contribution in [3.8, 4) is 0 Å². The number of ether oxygens (including phenoxy) is 1. The Labute approximate surface area is 204 Å². The normalized spacial score (nSPS) is 21.2. The Morgan fingerprint density at radius 3 is 2.51 bits per heavy atom. The molecule has 2 N–H and O–H groups in total. The van der Waals surface area contributed by atoms with Gasteiger partial charge in [0.2, 0.25) is 15.9 Å². The molecule has 35 heavy (non-hydrogen) atoms. The van der Waals surface area contributed by atoms with Gasteiger partial charge >= 0.3 is 6.03 Å². The maximum absolute atomic E-state index is 13.6. The van der Waals surface area contributed by atoms with Gasteiger partial charge in [-0.25, -0.2) is 13.2 Å². The fraction of sp³-hybridized carbons (Fsp3) is 0.522. The Hall–Kier alpha value is -2.96. The SMILES string of the molecule is Cc1ccc(NC(=O)N2CCN(S(=O)(=O)c3c(C)noc3C)C(C(=O)NCC3CCCO3)C2)cc1. The second-order valence-corrected chi connectivity index (χ2v) is 10.7. The van der Waals surface area contributed by atoms with Crippen LogP contribution in [0, 0.1) is 20.8 Å². The van der Waals surface area contributed by atoms with Crippen LogP contribution in [0.1, 0.15) is 29.9 Å². The van der Waals surface area contributed by atoms with Crippen molar-refractivity contribution >= 4 is 27.6 Å². The van der Waals surface area contributed by atoms with Gasteiger partial charge in [0.1, 0.15) is 16.6 Å². The number of piperazine rings is 1. The average Bonchev–Trinajstić information content (AvgIpc) is 3.48. The Balaban J connectivity index is 1.54. The molecule has 2 aliphatic heterocycles. The molecule has 3 amide bonds. The number of carbonyl (C=O) groups excluding carboxylic acids is 2. The van der Waals surface area contributed by atoms with Crippen LogP contribution in [-0.4, -0.2) is 79.6 Å². The van der Waals surface area contributed by atoms with Crippen LogP contribution in [0.15, 0.2) is 33.7 Å². The molecule has 12 heteroatoms. The molecule has 1 aromatic carbocycles. The van der Waals surface area contributed by atoms with E-state index in [1.807, 2.05) is 19.1 Å². The highest BCUT2D eigenvalue weighted by molar-refractivity contribution is 7.89. The fourth-order valence-electron chi connectivity index (χ4n) is 4.39. The minimum atomic E-state index is -4.10. The molecule has 0 spiro atoms. The van der Waals surface area contributed by atoms with Crippen molar-refractivity contribution in [2.24, 2.45) is 0 Å². The van der Waals surface area contributed by atoms with E-state index in [0.29, 0.717) is 12.3 Å². The summed E-state index contributed by atoms with van der Waals surface area (Å²) in [5.74, 6) is -0.329. The molecular weight excluding hydrogens is 474 g/mol. The highest BCUT2D eigenvalue weighted by Crippen LogP contribution is 2.27. The molecule has 190 valence electrons. The summed E-state index contributed by atoms with van der Waals surface area (Å²) in [6.45, 7) is 5.91. The number of aryl methyl sites for hydroxylation is 3. The first-order chi connectivity index (χ1) is 16.7. The summed E-state index contributed by atoms with van der Waals surface area (Å²) in [4.78, 5) is 27.6. The van der Waals surface area contributed by atoms with E-state index in [4.69, 9.17) is 9.26 Å². The van der Waals surface area contributed by atoms with Crippen LogP contribution in [0.3, 0.4) is 0 Å². The maximum Gasteiger partial charge on any atom is 0.321 e. The highest BCUT2D eigenvalue weighted by Gasteiger charge is 2.43. The van der Waals surface area contributed by atoms with Crippen molar-refractivity contribution in [2.75, 3.05) is 38.1 Å². The lowest BCUT2D eigenvalue weighted by Gasteiger charge is -2.39. The van der Waals surface area contributed by atoms with Gasteiger partial charge < -0.3 is 24.8 Å². The van der Waals surface area contributed by atoms with Crippen LogP contribution < -0.4 is 10.6 Å². The number of nitrogens with one attached hydrogen (secondary N) is 2. The van der Waals surface area contributed by atoms with E-state index in [-0.39, 0.29) is 48.6 Å². The number of aromatic nitrogens is 1. The third kappa shape index (κ3) is 5.49. The second-order valence-electron chi connectivity index (χ2n) is 8.91. The van der Waals surface area contributed by atoms with Crippen LogP contribution in [0.2, 0.25) is 0 Å². The summed E-state index contributed by atoms with van der Waals surface area (Å²) >= 11 is 0. The number of sulfonamides is 1. The summed E-state index contributed by atoms with van der Waals surface area (Å²) < 4.78 is 38.9. The molecule has 2 atom stereocenters. The Kier molecular flexibility index (Phi) is 7.43. The van der Waals surface area contributed by atoms with Crippen molar-refractivity contribution in [1.29, 1.82) is 0 Å². The van der Waals surface area contributed by atoms with Gasteiger partial charge in [0.15, 0.2) is 5.76 Å². The molecule has 3 heterocycles. The summed E-state index contributed by atoms with van der Waals surface area (Å²) in [5.41, 5.74) is 1.90. The van der Waals surface area contributed by atoms with E-state index in [1.54, 1.807) is 19.1 Å². The number of carbonyl (C=O) groups is 2. The van der Waals surface area contributed by atoms with Crippen LogP contribution in [0.5, 0.6) is 0 Å². The average molecular weight is 506 g/mol. The standard InChI is InChI=1S/C23H31N5O6S/c1-15-6-8-18(9-7-15)25-23(30)27-10-11-28(35(31,32)21-16(2)26-34-17(21)3)20(14-27)22(29)24-13-19-5-4-12-33-19/h6-9,19-20H,4-5,10-14H2,1-3H3,(H,24,29)(H,25,30). The topological polar surface area (TPSA) is 134 Å². The minimum Gasteiger partial charge on any atom is -0.376 e. The lowest BCUT2D eigenvalue weighted by molar-refractivity contribution is -0.126. The number of amides is 3. The molecule has 11 nitrogen and oxygen atoms in total. The zero-order chi connectivity index (χ0) is 25.2. The summed E-state index contributed by atoms with van der Waals surface area (Å²) in [7, 11) is -4.10. The molecule has 0 radical (unpaired) electrons. The van der Waals surface area contributed by atoms with Crippen molar-refractivity contribution in [1.82, 2.24) is 19.7 Å². The Morgan fingerprint density at radius 2 is 1.89 bits per heavy atom. The molecular formula is C23H31N5O6S. The van der Waals surface area contributed by atoms with E-state index < -0.39 is 28.0 Å². The fourth-order valence-corrected chi connectivity index (χ4v) is 6.25. The van der Waals surface area contributed by atoms with Gasteiger partial charge in [-0.3, -0.25) is 4.79 Å². The number of rotatable bonds is 6. The predicted octanol–water partition coefficient (Wildman–Crippen LogP) is 1.80. The molecule has 4 rings (SSSR count). The van der Waals surface area contributed by atoms with Gasteiger partial charge in [-0.1, -0.05) is 22.9 Å². The lowest BCUT2D eigenvalue weighted by atomic mass is 10.2. The monoisotopic (exact) mass is 505 g/mol. The zero-order valence-corrected chi connectivity index (χ0v) is 20.9. The lowest BCUT2D eigenvalue weighted by Crippen LogP contribution is -2.62. The molecule has 0 bridgehead atoms. The van der Waals surface area contributed by atoms with Crippen molar-refractivity contribution in [3.63, 3.8) is 0 Å². The number of hydrogen-bond donors (Lipinski definition) is 2. The van der Waals surface area contributed by atoms with Crippen molar-refractivity contribution in [2.45, 2.75) is 50.7 Å². The van der Waals surface area contributed by atoms with Gasteiger partial charge in [-0.2, -0.15) is 4.31 Å². The van der Waals surface area contributed by atoms with E-state index in [1.165, 1.54) is 11.8 Å². The molecule has 2 saturated heterocycles. The van der Waals surface area contributed by atoms with E-state index in [0.717, 1.165) is 22.7 Å². The smallest absolute Gasteiger partial charge is 0.321 e. The number of urea groups is 1. The second kappa shape index (κ2) is 10.3. The Bertz CT molecular complexity index is 1150. The number of hydrogen-bond acceptors (Lipinski definition) is 7. The Morgan fingerprint density at radius 1 is 1.14 bits per heavy atom. The highest BCUT2D eigenvalue weighted by atomic mass is 32.2. The van der Waals surface area contributed by atoms with Gasteiger partial charge in [0.25, 0.3) is 0 Å². The minimum absolute atomic E-state index is 0.0491. The summed E-state index contributed by atoms with van der Waals surface area (Å²) in [5, 5.41) is 9.40. The van der Waals surface area contributed by atoms with Crippen molar-refractivity contribution < 1.29 is 27.3 Å². The molecule has 0 aliphatic carbocycles. The number of anilines is 1. The van der Waals surface area contributed by atoms with Gasteiger partial charge in [0, 0.05) is 38.5 Å². The first kappa shape index (κ1) is 25.1. The molecule has 2 unspecified atom stereocenters. The number of nitrogens with zero attached hydrogens (tertiary/aromatic N) is 3. The van der Waals surface area contributed by atoms with E-state index in [2.05, 4.69) is 15.8 Å². The maximum atomic E-state index is 13.6. The largest absolute Gasteiger partial charge is 0.376 e. The van der Waals surface area contributed by atoms with Crippen LogP contribution in [-0.2, 0) is 19.6 Å². The summed E-state index contributed by atoms with van der Waals surface area (Å²) in [6, 6.07) is 5.82. The third-order valence-corrected chi connectivity index (χ3v) is 8.44. The van der Waals surface area contributed by atoms with Crippen LogP contribution in [0.4, 0.5) is 10.5 Å². The number of benzene rings is 1. The van der Waals surface area contributed by atoms with Crippen molar-refractivity contribution in [3.05, 3.63) is 41.3 Å². The van der Waals surface area contributed by atoms with Gasteiger partial charge in [-0.05, 0) is 45.7 Å². The quantitative estimate of drug-likeness (QED) is 0.611. The molecule has 1 aromatic heterocycles. The molecule has 2 aliphatic rings. The third-order valence-electron chi connectivity index (χ3n) is 6.29. The first-order valence-corrected chi connectivity index (χ1v) is 13.1. The molecule has 2 aromatic rings. The van der Waals surface area contributed by atoms with E-state index >= 15 is 0 Å².